The minimum Gasteiger partial charge on any atom is -0.493 e. The molecule has 0 amide bonds. The lowest BCUT2D eigenvalue weighted by Gasteiger charge is -2.21. The third-order valence-corrected chi connectivity index (χ3v) is 3.43. The van der Waals surface area contributed by atoms with Gasteiger partial charge in [-0.05, 0) is 24.6 Å². The molecule has 0 unspecified atom stereocenters. The fraction of sp³-hybridized carbons (Fsp3) is 0.529. The summed E-state index contributed by atoms with van der Waals surface area (Å²) < 4.78 is 20.7. The Labute approximate surface area is 147 Å². The van der Waals surface area contributed by atoms with Crippen molar-refractivity contribution >= 4 is 11.9 Å². The largest absolute Gasteiger partial charge is 0.493 e. The molecule has 8 heteroatoms. The van der Waals surface area contributed by atoms with E-state index in [-0.39, 0.29) is 25.5 Å². The van der Waals surface area contributed by atoms with Crippen LogP contribution in [-0.2, 0) is 20.9 Å². The zero-order chi connectivity index (χ0) is 18.8. The first-order valence-electron chi connectivity index (χ1n) is 7.83. The number of hydrogen-bond donors (Lipinski definition) is 1. The Morgan fingerprint density at radius 2 is 1.68 bits per heavy atom. The zero-order valence-corrected chi connectivity index (χ0v) is 15.0. The molecule has 0 radical (unpaired) electrons. The summed E-state index contributed by atoms with van der Waals surface area (Å²) in [5.74, 6) is 0.0965. The Morgan fingerprint density at radius 3 is 2.12 bits per heavy atom. The van der Waals surface area contributed by atoms with Crippen molar-refractivity contribution in [1.82, 2.24) is 4.90 Å². The lowest BCUT2D eigenvalue weighted by atomic mass is 10.1. The van der Waals surface area contributed by atoms with Crippen LogP contribution >= 0.6 is 0 Å². The first-order valence-corrected chi connectivity index (χ1v) is 7.83. The van der Waals surface area contributed by atoms with E-state index in [1.165, 1.54) is 21.3 Å². The molecule has 1 aromatic carbocycles. The van der Waals surface area contributed by atoms with Crippen LogP contribution < -0.4 is 14.2 Å². The van der Waals surface area contributed by atoms with Crippen LogP contribution in [0.25, 0.3) is 0 Å². The monoisotopic (exact) mass is 355 g/mol. The van der Waals surface area contributed by atoms with E-state index in [0.29, 0.717) is 30.4 Å². The van der Waals surface area contributed by atoms with E-state index in [4.69, 9.17) is 24.1 Å². The molecule has 0 aliphatic carbocycles. The molecule has 0 spiro atoms. The lowest BCUT2D eigenvalue weighted by Crippen LogP contribution is -2.31. The van der Waals surface area contributed by atoms with Gasteiger partial charge in [-0.3, -0.25) is 14.5 Å². The van der Waals surface area contributed by atoms with Crippen LogP contribution in [0.4, 0.5) is 0 Å². The van der Waals surface area contributed by atoms with Crippen LogP contribution in [-0.4, -0.2) is 63.0 Å². The summed E-state index contributed by atoms with van der Waals surface area (Å²) >= 11 is 0. The van der Waals surface area contributed by atoms with Crippen molar-refractivity contribution in [3.05, 3.63) is 17.7 Å². The second-order valence-corrected chi connectivity index (χ2v) is 5.19. The highest BCUT2D eigenvalue weighted by Crippen LogP contribution is 2.38. The molecule has 0 aliphatic heterocycles. The van der Waals surface area contributed by atoms with Gasteiger partial charge in [0.05, 0.1) is 40.9 Å². The summed E-state index contributed by atoms with van der Waals surface area (Å²) in [4.78, 5) is 24.2. The third-order valence-electron chi connectivity index (χ3n) is 3.43. The van der Waals surface area contributed by atoms with E-state index < -0.39 is 5.97 Å². The van der Waals surface area contributed by atoms with E-state index in [9.17, 15) is 9.59 Å². The summed E-state index contributed by atoms with van der Waals surface area (Å²) in [6.07, 6.45) is 0.117. The second kappa shape index (κ2) is 10.4. The van der Waals surface area contributed by atoms with E-state index >= 15 is 0 Å². The van der Waals surface area contributed by atoms with E-state index in [1.54, 1.807) is 24.0 Å². The minimum atomic E-state index is -0.976. The Hall–Kier alpha value is -2.48. The van der Waals surface area contributed by atoms with Crippen molar-refractivity contribution < 1.29 is 33.6 Å². The Kier molecular flexibility index (Phi) is 8.55. The number of nitrogens with zero attached hydrogens (tertiary/aromatic N) is 1. The lowest BCUT2D eigenvalue weighted by molar-refractivity contribution is -0.145. The van der Waals surface area contributed by atoms with Crippen LogP contribution in [0.3, 0.4) is 0 Å². The first kappa shape index (κ1) is 20.6. The number of carboxylic acids is 1. The maximum Gasteiger partial charge on any atom is 0.317 e. The van der Waals surface area contributed by atoms with Crippen molar-refractivity contribution in [2.45, 2.75) is 19.9 Å². The van der Waals surface area contributed by atoms with Crippen molar-refractivity contribution in [1.29, 1.82) is 0 Å². The van der Waals surface area contributed by atoms with Gasteiger partial charge in [0, 0.05) is 13.1 Å². The summed E-state index contributed by atoms with van der Waals surface area (Å²) in [7, 11) is 4.53. The fourth-order valence-electron chi connectivity index (χ4n) is 2.37. The van der Waals surface area contributed by atoms with Crippen molar-refractivity contribution in [2.24, 2.45) is 0 Å². The summed E-state index contributed by atoms with van der Waals surface area (Å²) in [6, 6.07) is 3.50. The van der Waals surface area contributed by atoms with Gasteiger partial charge in [0.25, 0.3) is 0 Å². The molecule has 0 aliphatic rings. The predicted molar refractivity (Wildman–Crippen MR) is 90.3 cm³/mol. The molecule has 0 saturated carbocycles. The summed E-state index contributed by atoms with van der Waals surface area (Å²) in [5.41, 5.74) is 0.777. The molecule has 1 N–H and O–H groups in total. The normalized spacial score (nSPS) is 10.4. The van der Waals surface area contributed by atoms with Gasteiger partial charge in [0.15, 0.2) is 11.5 Å². The molecule has 0 aromatic heterocycles. The number of carboxylic acid groups (broad SMARTS) is 1. The topological polar surface area (TPSA) is 94.5 Å². The highest BCUT2D eigenvalue weighted by Gasteiger charge is 2.17. The fourth-order valence-corrected chi connectivity index (χ4v) is 2.37. The van der Waals surface area contributed by atoms with Gasteiger partial charge in [-0.25, -0.2) is 0 Å². The maximum atomic E-state index is 11.5. The minimum absolute atomic E-state index is 0.117. The number of benzene rings is 1. The highest BCUT2D eigenvalue weighted by atomic mass is 16.5. The number of methoxy groups -OCH3 is 3. The molecule has 0 atom stereocenters. The standard InChI is InChI=1S/C17H25NO7/c1-5-25-16(21)6-7-18(11-15(19)20)10-12-8-13(22-2)17(24-4)14(9-12)23-3/h8-9H,5-7,10-11H2,1-4H3,(H,19,20). The number of rotatable bonds is 11. The van der Waals surface area contributed by atoms with Crippen LogP contribution in [0.1, 0.15) is 18.9 Å². The Bertz CT molecular complexity index is 563. The van der Waals surface area contributed by atoms with E-state index in [1.807, 2.05) is 0 Å². The Morgan fingerprint density at radius 1 is 1.08 bits per heavy atom. The number of carbonyl (C=O) groups is 2. The molecule has 0 heterocycles. The van der Waals surface area contributed by atoms with Crippen LogP contribution in [0.5, 0.6) is 17.2 Å². The second-order valence-electron chi connectivity index (χ2n) is 5.19. The number of hydrogen-bond acceptors (Lipinski definition) is 7. The summed E-state index contributed by atoms with van der Waals surface area (Å²) in [6.45, 7) is 2.40. The molecule has 140 valence electrons. The molecular weight excluding hydrogens is 330 g/mol. The highest BCUT2D eigenvalue weighted by molar-refractivity contribution is 5.70. The molecular formula is C17H25NO7. The van der Waals surface area contributed by atoms with Crippen molar-refractivity contribution in [2.75, 3.05) is 41.0 Å². The maximum absolute atomic E-state index is 11.5. The molecule has 0 fully saturated rings. The first-order chi connectivity index (χ1) is 11.9. The number of aliphatic carboxylic acids is 1. The van der Waals surface area contributed by atoms with Crippen molar-refractivity contribution in [3.8, 4) is 17.2 Å². The molecule has 1 aromatic rings. The van der Waals surface area contributed by atoms with E-state index in [0.717, 1.165) is 5.56 Å². The van der Waals surface area contributed by atoms with Gasteiger partial charge in [-0.2, -0.15) is 0 Å². The van der Waals surface area contributed by atoms with Gasteiger partial charge in [-0.1, -0.05) is 0 Å². The molecule has 0 bridgehead atoms. The quantitative estimate of drug-likeness (QED) is 0.598. The Balaban J connectivity index is 2.95. The van der Waals surface area contributed by atoms with E-state index in [2.05, 4.69) is 0 Å². The predicted octanol–water partition coefficient (Wildman–Crippen LogP) is 1.55. The smallest absolute Gasteiger partial charge is 0.317 e. The SMILES string of the molecule is CCOC(=O)CCN(CC(=O)O)Cc1cc(OC)c(OC)c(OC)c1. The van der Waals surface area contributed by atoms with Crippen LogP contribution in [0.2, 0.25) is 0 Å². The average Bonchev–Trinajstić information content (AvgIpc) is 2.58. The zero-order valence-electron chi connectivity index (χ0n) is 15.0. The summed E-state index contributed by atoms with van der Waals surface area (Å²) in [5, 5.41) is 9.09. The van der Waals surface area contributed by atoms with Gasteiger partial charge in [0.2, 0.25) is 5.75 Å². The average molecular weight is 355 g/mol. The van der Waals surface area contributed by atoms with Gasteiger partial charge in [-0.15, -0.1) is 0 Å². The van der Waals surface area contributed by atoms with Crippen LogP contribution in [0, 0.1) is 0 Å². The van der Waals surface area contributed by atoms with Crippen LogP contribution in [0.15, 0.2) is 12.1 Å². The van der Waals surface area contributed by atoms with Gasteiger partial charge < -0.3 is 24.1 Å². The molecule has 25 heavy (non-hydrogen) atoms. The van der Waals surface area contributed by atoms with Crippen molar-refractivity contribution in [3.63, 3.8) is 0 Å². The number of carbonyl (C=O) groups excluding carboxylic acids is 1. The third kappa shape index (κ3) is 6.50. The van der Waals surface area contributed by atoms with Gasteiger partial charge in [0.1, 0.15) is 0 Å². The number of esters is 1. The molecule has 8 nitrogen and oxygen atoms in total. The number of ether oxygens (including phenoxy) is 4. The molecule has 1 rings (SSSR count). The molecule has 0 saturated heterocycles. The van der Waals surface area contributed by atoms with Gasteiger partial charge >= 0.3 is 11.9 Å².